The summed E-state index contributed by atoms with van der Waals surface area (Å²) in [6.07, 6.45) is 4.86. The van der Waals surface area contributed by atoms with Crippen LogP contribution in [0.5, 0.6) is 5.75 Å². The number of carbonyl (C=O) groups excluding carboxylic acids is 1. The van der Waals surface area contributed by atoms with Crippen molar-refractivity contribution in [2.75, 3.05) is 13.7 Å². The number of fused-ring (bicyclic) bond motifs is 1. The standard InChI is InChI=1S/C24H25ClN6O2/c1-15-18(25)7-9-20-21(15)28-23(29(20)3)24(2)10-5-13-30(24)22(32)17-14-16(33-4)6-8-19(17)31-26-11-12-27-31/h6-9,11-12,14H,5,10,13H2,1-4H3. The quantitative estimate of drug-likeness (QED) is 0.450. The molecule has 0 saturated carbocycles. The lowest BCUT2D eigenvalue weighted by Gasteiger charge is -2.35. The summed E-state index contributed by atoms with van der Waals surface area (Å²) < 4.78 is 7.49. The smallest absolute Gasteiger partial charge is 0.257 e. The molecule has 33 heavy (non-hydrogen) atoms. The van der Waals surface area contributed by atoms with Crippen molar-refractivity contribution in [1.29, 1.82) is 0 Å². The van der Waals surface area contributed by atoms with Gasteiger partial charge in [0.1, 0.15) is 11.6 Å². The fraction of sp³-hybridized carbons (Fsp3) is 0.333. The molecule has 1 aliphatic rings. The molecule has 0 radical (unpaired) electrons. The van der Waals surface area contributed by atoms with Gasteiger partial charge in [-0.05, 0) is 62.6 Å². The number of ether oxygens (including phenoxy) is 1. The van der Waals surface area contributed by atoms with Crippen molar-refractivity contribution in [3.05, 3.63) is 64.7 Å². The monoisotopic (exact) mass is 464 g/mol. The number of halogens is 1. The number of aromatic nitrogens is 5. The molecule has 4 aromatic rings. The summed E-state index contributed by atoms with van der Waals surface area (Å²) in [5.41, 5.74) is 3.31. The molecule has 1 saturated heterocycles. The second kappa shape index (κ2) is 7.88. The maximum absolute atomic E-state index is 14.0. The van der Waals surface area contributed by atoms with Gasteiger partial charge in [-0.2, -0.15) is 15.0 Å². The Bertz CT molecular complexity index is 1360. The molecular formula is C24H25ClN6O2. The normalized spacial score (nSPS) is 18.3. The number of likely N-dealkylation sites (tertiary alicyclic amines) is 1. The molecular weight excluding hydrogens is 440 g/mol. The van der Waals surface area contributed by atoms with Gasteiger partial charge < -0.3 is 14.2 Å². The molecule has 2 aromatic heterocycles. The van der Waals surface area contributed by atoms with Crippen LogP contribution in [-0.4, -0.2) is 49.0 Å². The molecule has 0 bridgehead atoms. The number of rotatable bonds is 4. The third-order valence-corrected chi connectivity index (χ3v) is 7.09. The predicted octanol–water partition coefficient (Wildman–Crippen LogP) is 4.28. The minimum absolute atomic E-state index is 0.108. The molecule has 170 valence electrons. The number of nitrogens with zero attached hydrogens (tertiary/aromatic N) is 6. The minimum atomic E-state index is -0.582. The number of aryl methyl sites for hydroxylation is 2. The number of amides is 1. The van der Waals surface area contributed by atoms with Crippen molar-refractivity contribution < 1.29 is 9.53 Å². The number of imidazole rings is 1. The number of carbonyl (C=O) groups is 1. The summed E-state index contributed by atoms with van der Waals surface area (Å²) in [5, 5.41) is 9.15. The van der Waals surface area contributed by atoms with E-state index in [1.165, 1.54) is 4.80 Å². The maximum atomic E-state index is 14.0. The first-order chi connectivity index (χ1) is 15.8. The molecule has 1 unspecified atom stereocenters. The molecule has 1 aliphatic heterocycles. The molecule has 0 spiro atoms. The highest BCUT2D eigenvalue weighted by Crippen LogP contribution is 2.41. The number of hydrogen-bond acceptors (Lipinski definition) is 5. The van der Waals surface area contributed by atoms with E-state index in [0.717, 1.165) is 35.3 Å². The van der Waals surface area contributed by atoms with E-state index in [2.05, 4.69) is 21.7 Å². The lowest BCUT2D eigenvalue weighted by molar-refractivity contribution is 0.0599. The van der Waals surface area contributed by atoms with Gasteiger partial charge >= 0.3 is 0 Å². The summed E-state index contributed by atoms with van der Waals surface area (Å²) >= 11 is 6.36. The molecule has 5 rings (SSSR count). The van der Waals surface area contributed by atoms with Gasteiger partial charge in [0.2, 0.25) is 0 Å². The molecule has 0 N–H and O–H groups in total. The highest BCUT2D eigenvalue weighted by molar-refractivity contribution is 6.32. The SMILES string of the molecule is COc1ccc(-n2nccn2)c(C(=O)N2CCCC2(C)c2nc3c(C)c(Cl)ccc3n2C)c1. The minimum Gasteiger partial charge on any atom is -0.497 e. The first kappa shape index (κ1) is 21.5. The largest absolute Gasteiger partial charge is 0.497 e. The molecule has 1 amide bonds. The Hall–Kier alpha value is -3.39. The molecule has 9 heteroatoms. The first-order valence-corrected chi connectivity index (χ1v) is 11.2. The van der Waals surface area contributed by atoms with Crippen LogP contribution in [0.25, 0.3) is 16.7 Å². The summed E-state index contributed by atoms with van der Waals surface area (Å²) in [7, 11) is 3.58. The van der Waals surface area contributed by atoms with E-state index in [9.17, 15) is 4.79 Å². The Balaban J connectivity index is 1.63. The van der Waals surface area contributed by atoms with Crippen LogP contribution in [0, 0.1) is 6.92 Å². The van der Waals surface area contributed by atoms with Crippen LogP contribution in [0.3, 0.4) is 0 Å². The molecule has 1 fully saturated rings. The van der Waals surface area contributed by atoms with Gasteiger partial charge in [-0.1, -0.05) is 11.6 Å². The molecule has 0 aliphatic carbocycles. The topological polar surface area (TPSA) is 78.1 Å². The van der Waals surface area contributed by atoms with E-state index in [1.807, 2.05) is 31.0 Å². The average molecular weight is 465 g/mol. The Morgan fingerprint density at radius 1 is 1.18 bits per heavy atom. The van der Waals surface area contributed by atoms with Crippen LogP contribution in [0.4, 0.5) is 0 Å². The zero-order valence-corrected chi connectivity index (χ0v) is 19.8. The fourth-order valence-electron chi connectivity index (χ4n) is 4.84. The average Bonchev–Trinajstić information content (AvgIpc) is 3.55. The van der Waals surface area contributed by atoms with Crippen molar-refractivity contribution in [3.8, 4) is 11.4 Å². The Labute approximate surface area is 196 Å². The second-order valence-electron chi connectivity index (χ2n) is 8.57. The lowest BCUT2D eigenvalue weighted by atomic mass is 9.96. The molecule has 1 atom stereocenters. The molecule has 3 heterocycles. The van der Waals surface area contributed by atoms with Crippen molar-refractivity contribution in [2.45, 2.75) is 32.2 Å². The Morgan fingerprint density at radius 2 is 1.94 bits per heavy atom. The predicted molar refractivity (Wildman–Crippen MR) is 126 cm³/mol. The van der Waals surface area contributed by atoms with Crippen molar-refractivity contribution in [2.24, 2.45) is 7.05 Å². The van der Waals surface area contributed by atoms with Gasteiger partial charge in [0.25, 0.3) is 5.91 Å². The van der Waals surface area contributed by atoms with Gasteiger partial charge in [-0.25, -0.2) is 4.98 Å². The van der Waals surface area contributed by atoms with E-state index in [1.54, 1.807) is 37.7 Å². The van der Waals surface area contributed by atoms with Crippen LogP contribution in [0.15, 0.2) is 42.7 Å². The number of methoxy groups -OCH3 is 1. The van der Waals surface area contributed by atoms with Crippen LogP contribution < -0.4 is 4.74 Å². The summed E-state index contributed by atoms with van der Waals surface area (Å²) in [6.45, 7) is 4.68. The Kier molecular flexibility index (Phi) is 5.12. The van der Waals surface area contributed by atoms with Gasteiger partial charge in [0.05, 0.1) is 47.3 Å². The number of benzene rings is 2. The van der Waals surface area contributed by atoms with E-state index >= 15 is 0 Å². The zero-order valence-electron chi connectivity index (χ0n) is 19.0. The van der Waals surface area contributed by atoms with Gasteiger partial charge in [0.15, 0.2) is 0 Å². The summed E-state index contributed by atoms with van der Waals surface area (Å²) in [6, 6.07) is 9.23. The van der Waals surface area contributed by atoms with Gasteiger partial charge in [0, 0.05) is 18.6 Å². The van der Waals surface area contributed by atoms with Crippen molar-refractivity contribution in [3.63, 3.8) is 0 Å². The lowest BCUT2D eigenvalue weighted by Crippen LogP contribution is -2.44. The second-order valence-corrected chi connectivity index (χ2v) is 8.98. The van der Waals surface area contributed by atoms with Crippen LogP contribution in [-0.2, 0) is 12.6 Å². The van der Waals surface area contributed by atoms with Crippen LogP contribution in [0.1, 0.15) is 41.5 Å². The Morgan fingerprint density at radius 3 is 2.67 bits per heavy atom. The van der Waals surface area contributed by atoms with Gasteiger partial charge in [-0.15, -0.1) is 0 Å². The van der Waals surface area contributed by atoms with Crippen LogP contribution in [0.2, 0.25) is 5.02 Å². The molecule has 2 aromatic carbocycles. The molecule has 8 nitrogen and oxygen atoms in total. The number of hydrogen-bond donors (Lipinski definition) is 0. The van der Waals surface area contributed by atoms with E-state index < -0.39 is 5.54 Å². The van der Waals surface area contributed by atoms with E-state index in [4.69, 9.17) is 21.3 Å². The third-order valence-electron chi connectivity index (χ3n) is 6.68. The van der Waals surface area contributed by atoms with Crippen LogP contribution >= 0.6 is 11.6 Å². The summed E-state index contributed by atoms with van der Waals surface area (Å²) in [4.78, 5) is 22.4. The maximum Gasteiger partial charge on any atom is 0.257 e. The summed E-state index contributed by atoms with van der Waals surface area (Å²) in [5.74, 6) is 1.33. The highest BCUT2D eigenvalue weighted by Gasteiger charge is 2.45. The first-order valence-electron chi connectivity index (χ1n) is 10.8. The van der Waals surface area contributed by atoms with Crippen molar-refractivity contribution in [1.82, 2.24) is 29.4 Å². The van der Waals surface area contributed by atoms with Crippen molar-refractivity contribution >= 4 is 28.5 Å². The van der Waals surface area contributed by atoms with E-state index in [0.29, 0.717) is 28.6 Å². The highest BCUT2D eigenvalue weighted by atomic mass is 35.5. The van der Waals surface area contributed by atoms with E-state index in [-0.39, 0.29) is 5.91 Å². The van der Waals surface area contributed by atoms with Gasteiger partial charge in [-0.3, -0.25) is 4.79 Å². The zero-order chi connectivity index (χ0) is 23.3. The third kappa shape index (κ3) is 3.28. The fourth-order valence-corrected chi connectivity index (χ4v) is 5.00.